The van der Waals surface area contributed by atoms with E-state index >= 15 is 0 Å². The summed E-state index contributed by atoms with van der Waals surface area (Å²) in [5.74, 6) is 0.0166. The van der Waals surface area contributed by atoms with E-state index in [0.717, 1.165) is 12.0 Å². The summed E-state index contributed by atoms with van der Waals surface area (Å²) in [5, 5.41) is 2.75. The van der Waals surface area contributed by atoms with E-state index in [1.165, 1.54) is 40.7 Å². The first-order valence-corrected chi connectivity index (χ1v) is 10.8. The summed E-state index contributed by atoms with van der Waals surface area (Å²) in [6, 6.07) is 11.9. The maximum Gasteiger partial charge on any atom is 0.251 e. The first-order chi connectivity index (χ1) is 13.3. The molecule has 1 fully saturated rings. The molecule has 2 atom stereocenters. The lowest BCUT2D eigenvalue weighted by molar-refractivity contribution is 0.0951. The number of nitrogens with one attached hydrogen (secondary N) is 1. The first kappa shape index (κ1) is 20.5. The first-order valence-electron chi connectivity index (χ1n) is 9.38. The van der Waals surface area contributed by atoms with E-state index in [1.807, 2.05) is 0 Å². The van der Waals surface area contributed by atoms with Gasteiger partial charge in [0.25, 0.3) is 5.91 Å². The van der Waals surface area contributed by atoms with Crippen molar-refractivity contribution in [2.45, 2.75) is 31.7 Å². The zero-order chi connectivity index (χ0) is 20.3. The number of piperidine rings is 1. The van der Waals surface area contributed by atoms with Gasteiger partial charge in [-0.1, -0.05) is 26.0 Å². The minimum Gasteiger partial charge on any atom is -0.348 e. The highest BCUT2D eigenvalue weighted by atomic mass is 32.2. The summed E-state index contributed by atoms with van der Waals surface area (Å²) in [6.45, 7) is 5.43. The third-order valence-corrected chi connectivity index (χ3v) is 6.80. The molecule has 2 aromatic rings. The molecule has 28 heavy (non-hydrogen) atoms. The predicted molar refractivity (Wildman–Crippen MR) is 106 cm³/mol. The Bertz CT molecular complexity index is 917. The van der Waals surface area contributed by atoms with Crippen LogP contribution in [0.2, 0.25) is 0 Å². The highest BCUT2D eigenvalue weighted by Crippen LogP contribution is 2.26. The van der Waals surface area contributed by atoms with Gasteiger partial charge in [0, 0.05) is 25.2 Å². The van der Waals surface area contributed by atoms with Crippen molar-refractivity contribution in [1.82, 2.24) is 9.62 Å². The number of carbonyl (C=O) groups is 1. The molecule has 1 heterocycles. The van der Waals surface area contributed by atoms with Crippen LogP contribution in [0.3, 0.4) is 0 Å². The molecule has 0 aromatic heterocycles. The molecule has 0 aliphatic carbocycles. The third kappa shape index (κ3) is 4.77. The molecule has 1 saturated heterocycles. The molecular formula is C21H25FN2O3S. The van der Waals surface area contributed by atoms with Gasteiger partial charge in [-0.05, 0) is 60.2 Å². The lowest BCUT2D eigenvalue weighted by Crippen LogP contribution is -2.42. The van der Waals surface area contributed by atoms with Gasteiger partial charge in [-0.2, -0.15) is 4.31 Å². The van der Waals surface area contributed by atoms with Crippen LogP contribution in [0.1, 0.15) is 36.2 Å². The van der Waals surface area contributed by atoms with Gasteiger partial charge in [0.1, 0.15) is 5.82 Å². The fraction of sp³-hybridized carbons (Fsp3) is 0.381. The van der Waals surface area contributed by atoms with Crippen molar-refractivity contribution in [3.8, 4) is 0 Å². The van der Waals surface area contributed by atoms with Crippen LogP contribution in [-0.2, 0) is 16.6 Å². The van der Waals surface area contributed by atoms with Gasteiger partial charge in [-0.25, -0.2) is 12.8 Å². The van der Waals surface area contributed by atoms with E-state index < -0.39 is 10.0 Å². The number of benzene rings is 2. The van der Waals surface area contributed by atoms with Crippen molar-refractivity contribution in [1.29, 1.82) is 0 Å². The fourth-order valence-electron chi connectivity index (χ4n) is 3.62. The molecule has 5 nitrogen and oxygen atoms in total. The standard InChI is InChI=1S/C21H25FN2O3S/c1-15-11-16(2)14-24(13-15)28(26,27)20-9-5-18(6-10-20)21(25)23-12-17-3-7-19(22)8-4-17/h3-10,15-16H,11-14H2,1-2H3,(H,23,25)/t15-,16-/m0/s1. The van der Waals surface area contributed by atoms with Gasteiger partial charge in [0.15, 0.2) is 0 Å². The summed E-state index contributed by atoms with van der Waals surface area (Å²) in [5.41, 5.74) is 1.16. The Morgan fingerprint density at radius 1 is 1.04 bits per heavy atom. The molecule has 0 spiro atoms. The average molecular weight is 405 g/mol. The third-order valence-electron chi connectivity index (χ3n) is 4.96. The molecule has 1 N–H and O–H groups in total. The number of hydrogen-bond donors (Lipinski definition) is 1. The zero-order valence-electron chi connectivity index (χ0n) is 16.1. The summed E-state index contributed by atoms with van der Waals surface area (Å²) in [7, 11) is -3.56. The highest BCUT2D eigenvalue weighted by Gasteiger charge is 2.31. The molecule has 0 unspecified atom stereocenters. The maximum absolute atomic E-state index is 12.9. The predicted octanol–water partition coefficient (Wildman–Crippen LogP) is 3.42. The smallest absolute Gasteiger partial charge is 0.251 e. The van der Waals surface area contributed by atoms with Gasteiger partial charge >= 0.3 is 0 Å². The SMILES string of the molecule is C[C@H]1C[C@H](C)CN(S(=O)(=O)c2ccc(C(=O)NCc3ccc(F)cc3)cc2)C1. The zero-order valence-corrected chi connectivity index (χ0v) is 16.9. The highest BCUT2D eigenvalue weighted by molar-refractivity contribution is 7.89. The van der Waals surface area contributed by atoms with Gasteiger partial charge in [0.05, 0.1) is 4.90 Å². The number of rotatable bonds is 5. The van der Waals surface area contributed by atoms with E-state index in [4.69, 9.17) is 0 Å². The lowest BCUT2D eigenvalue weighted by Gasteiger charge is -2.34. The largest absolute Gasteiger partial charge is 0.348 e. The molecule has 3 rings (SSSR count). The molecular weight excluding hydrogens is 379 g/mol. The second-order valence-corrected chi connectivity index (χ2v) is 9.54. The second kappa shape index (κ2) is 8.41. The minimum absolute atomic E-state index is 0.198. The van der Waals surface area contributed by atoms with Crippen LogP contribution in [0.5, 0.6) is 0 Å². The number of hydrogen-bond acceptors (Lipinski definition) is 3. The fourth-order valence-corrected chi connectivity index (χ4v) is 5.30. The Morgan fingerprint density at radius 3 is 2.18 bits per heavy atom. The number of carbonyl (C=O) groups excluding carboxylic acids is 1. The summed E-state index contributed by atoms with van der Waals surface area (Å²) in [6.07, 6.45) is 1.03. The van der Waals surface area contributed by atoms with Gasteiger partial charge in [0.2, 0.25) is 10.0 Å². The van der Waals surface area contributed by atoms with Gasteiger partial charge in [-0.15, -0.1) is 0 Å². The quantitative estimate of drug-likeness (QED) is 0.830. The Morgan fingerprint density at radius 2 is 1.61 bits per heavy atom. The van der Waals surface area contributed by atoms with Crippen molar-refractivity contribution in [3.63, 3.8) is 0 Å². The van der Waals surface area contributed by atoms with Crippen molar-refractivity contribution in [2.24, 2.45) is 11.8 Å². The van der Waals surface area contributed by atoms with Crippen LogP contribution in [0.25, 0.3) is 0 Å². The van der Waals surface area contributed by atoms with Crippen molar-refractivity contribution in [2.75, 3.05) is 13.1 Å². The number of halogens is 1. The maximum atomic E-state index is 12.9. The molecule has 1 aliphatic heterocycles. The van der Waals surface area contributed by atoms with Crippen LogP contribution in [-0.4, -0.2) is 31.7 Å². The topological polar surface area (TPSA) is 66.5 Å². The van der Waals surface area contributed by atoms with Crippen molar-refractivity contribution in [3.05, 3.63) is 65.5 Å². The number of sulfonamides is 1. The van der Waals surface area contributed by atoms with E-state index in [9.17, 15) is 17.6 Å². The number of amides is 1. The van der Waals surface area contributed by atoms with Crippen LogP contribution in [0.15, 0.2) is 53.4 Å². The van der Waals surface area contributed by atoms with Gasteiger partial charge < -0.3 is 5.32 Å². The Balaban J connectivity index is 1.66. The van der Waals surface area contributed by atoms with E-state index in [0.29, 0.717) is 30.5 Å². The normalized spacial score (nSPS) is 20.7. The molecule has 0 bridgehead atoms. The molecule has 150 valence electrons. The van der Waals surface area contributed by atoms with Crippen LogP contribution in [0, 0.1) is 17.7 Å². The molecule has 0 saturated carbocycles. The Hall–Kier alpha value is -2.25. The van der Waals surface area contributed by atoms with E-state index in [1.54, 1.807) is 12.1 Å². The number of nitrogens with zero attached hydrogens (tertiary/aromatic N) is 1. The average Bonchev–Trinajstić information content (AvgIpc) is 2.66. The van der Waals surface area contributed by atoms with Crippen molar-refractivity contribution < 1.29 is 17.6 Å². The lowest BCUT2D eigenvalue weighted by atomic mass is 9.94. The molecule has 1 aliphatic rings. The summed E-state index contributed by atoms with van der Waals surface area (Å²) in [4.78, 5) is 12.5. The Kier molecular flexibility index (Phi) is 6.15. The van der Waals surface area contributed by atoms with Crippen LogP contribution >= 0.6 is 0 Å². The molecule has 2 aromatic carbocycles. The molecule has 0 radical (unpaired) electrons. The summed E-state index contributed by atoms with van der Waals surface area (Å²) >= 11 is 0. The van der Waals surface area contributed by atoms with Gasteiger partial charge in [-0.3, -0.25) is 4.79 Å². The van der Waals surface area contributed by atoms with Crippen LogP contribution < -0.4 is 5.32 Å². The summed E-state index contributed by atoms with van der Waals surface area (Å²) < 4.78 is 40.2. The van der Waals surface area contributed by atoms with E-state index in [2.05, 4.69) is 19.2 Å². The van der Waals surface area contributed by atoms with Crippen molar-refractivity contribution >= 4 is 15.9 Å². The molecule has 7 heteroatoms. The second-order valence-electron chi connectivity index (χ2n) is 7.60. The monoisotopic (exact) mass is 404 g/mol. The Labute approximate surface area is 165 Å². The van der Waals surface area contributed by atoms with E-state index in [-0.39, 0.29) is 23.2 Å². The minimum atomic E-state index is -3.56. The molecule has 1 amide bonds. The van der Waals surface area contributed by atoms with Crippen LogP contribution in [0.4, 0.5) is 4.39 Å².